The molecule has 0 unspecified atom stereocenters. The van der Waals surface area contributed by atoms with Crippen molar-refractivity contribution >= 4 is 21.6 Å². The van der Waals surface area contributed by atoms with Crippen LogP contribution in [-0.4, -0.2) is 32.7 Å². The predicted molar refractivity (Wildman–Crippen MR) is 71.0 cm³/mol. The first-order valence-corrected chi connectivity index (χ1v) is 7.06. The standard InChI is InChI=1S/C12H18N2O3S/c1-5-12(15)13-10-7-6-9(2)11(8-10)18(16,17)14(3)4/h6-8H,5H2,1-4H3,(H,13,15). The summed E-state index contributed by atoms with van der Waals surface area (Å²) in [5.41, 5.74) is 1.14. The molecule has 1 aromatic carbocycles. The van der Waals surface area contributed by atoms with Crippen molar-refractivity contribution in [2.24, 2.45) is 0 Å². The van der Waals surface area contributed by atoms with Gasteiger partial charge in [0.1, 0.15) is 0 Å². The lowest BCUT2D eigenvalue weighted by molar-refractivity contribution is -0.115. The van der Waals surface area contributed by atoms with Crippen molar-refractivity contribution in [3.8, 4) is 0 Å². The Kier molecular flexibility index (Phi) is 4.48. The van der Waals surface area contributed by atoms with Crippen LogP contribution in [0.4, 0.5) is 5.69 Å². The van der Waals surface area contributed by atoms with Gasteiger partial charge in [-0.25, -0.2) is 12.7 Å². The first-order chi connectivity index (χ1) is 8.28. The summed E-state index contributed by atoms with van der Waals surface area (Å²) < 4.78 is 25.3. The van der Waals surface area contributed by atoms with Gasteiger partial charge in [-0.15, -0.1) is 0 Å². The number of carbonyl (C=O) groups is 1. The summed E-state index contributed by atoms with van der Waals surface area (Å²) >= 11 is 0. The smallest absolute Gasteiger partial charge is 0.242 e. The summed E-state index contributed by atoms with van der Waals surface area (Å²) in [6.45, 7) is 3.46. The summed E-state index contributed by atoms with van der Waals surface area (Å²) in [4.78, 5) is 11.5. The molecule has 0 aromatic heterocycles. The van der Waals surface area contributed by atoms with Gasteiger partial charge in [0.25, 0.3) is 0 Å². The molecule has 6 heteroatoms. The third-order valence-electron chi connectivity index (χ3n) is 2.55. The first kappa shape index (κ1) is 14.7. The fourth-order valence-corrected chi connectivity index (χ4v) is 2.55. The maximum atomic E-state index is 12.1. The first-order valence-electron chi connectivity index (χ1n) is 5.62. The second-order valence-corrected chi connectivity index (χ2v) is 6.29. The number of anilines is 1. The Labute approximate surface area is 108 Å². The summed E-state index contributed by atoms with van der Waals surface area (Å²) in [6.07, 6.45) is 0.351. The quantitative estimate of drug-likeness (QED) is 0.903. The number of hydrogen-bond acceptors (Lipinski definition) is 3. The number of hydrogen-bond donors (Lipinski definition) is 1. The molecule has 0 heterocycles. The lowest BCUT2D eigenvalue weighted by Gasteiger charge is -2.15. The van der Waals surface area contributed by atoms with Crippen LogP contribution in [0.5, 0.6) is 0 Å². The van der Waals surface area contributed by atoms with Crippen molar-refractivity contribution in [1.82, 2.24) is 4.31 Å². The van der Waals surface area contributed by atoms with E-state index in [1.165, 1.54) is 20.2 Å². The van der Waals surface area contributed by atoms with Crippen LogP contribution in [0.25, 0.3) is 0 Å². The van der Waals surface area contributed by atoms with Gasteiger partial charge in [-0.3, -0.25) is 4.79 Å². The SMILES string of the molecule is CCC(=O)Nc1ccc(C)c(S(=O)(=O)N(C)C)c1. The molecule has 0 spiro atoms. The number of benzene rings is 1. The van der Waals surface area contributed by atoms with Crippen molar-refractivity contribution in [2.75, 3.05) is 19.4 Å². The summed E-state index contributed by atoms with van der Waals surface area (Å²) in [5.74, 6) is -0.146. The molecule has 1 aromatic rings. The largest absolute Gasteiger partial charge is 0.326 e. The molecular formula is C12H18N2O3S. The topological polar surface area (TPSA) is 66.5 Å². The molecule has 0 aliphatic carbocycles. The van der Waals surface area contributed by atoms with Crippen molar-refractivity contribution in [3.63, 3.8) is 0 Å². The molecular weight excluding hydrogens is 252 g/mol. The zero-order valence-corrected chi connectivity index (χ0v) is 11.8. The zero-order chi connectivity index (χ0) is 13.9. The van der Waals surface area contributed by atoms with E-state index < -0.39 is 10.0 Å². The second-order valence-electron chi connectivity index (χ2n) is 4.17. The van der Waals surface area contributed by atoms with Crippen LogP contribution in [0.1, 0.15) is 18.9 Å². The number of rotatable bonds is 4. The molecule has 1 amide bonds. The summed E-state index contributed by atoms with van der Waals surface area (Å²) in [6, 6.07) is 4.86. The normalized spacial score (nSPS) is 11.6. The lowest BCUT2D eigenvalue weighted by atomic mass is 10.2. The molecule has 0 saturated heterocycles. The molecule has 1 N–H and O–H groups in total. The fraction of sp³-hybridized carbons (Fsp3) is 0.417. The van der Waals surface area contributed by atoms with E-state index in [-0.39, 0.29) is 10.8 Å². The van der Waals surface area contributed by atoms with Crippen LogP contribution < -0.4 is 5.32 Å². The number of sulfonamides is 1. The molecule has 0 radical (unpaired) electrons. The Hall–Kier alpha value is -1.40. The zero-order valence-electron chi connectivity index (χ0n) is 11.0. The van der Waals surface area contributed by atoms with E-state index in [0.29, 0.717) is 17.7 Å². The van der Waals surface area contributed by atoms with Gasteiger partial charge in [-0.05, 0) is 24.6 Å². The molecule has 5 nitrogen and oxygen atoms in total. The van der Waals surface area contributed by atoms with Gasteiger partial charge in [-0.2, -0.15) is 0 Å². The van der Waals surface area contributed by atoms with Gasteiger partial charge in [0.15, 0.2) is 0 Å². The van der Waals surface area contributed by atoms with Crippen molar-refractivity contribution in [1.29, 1.82) is 0 Å². The van der Waals surface area contributed by atoms with E-state index >= 15 is 0 Å². The van der Waals surface area contributed by atoms with Crippen LogP contribution in [0.2, 0.25) is 0 Å². The van der Waals surface area contributed by atoms with E-state index in [2.05, 4.69) is 5.32 Å². The van der Waals surface area contributed by atoms with Crippen LogP contribution in [-0.2, 0) is 14.8 Å². The molecule has 0 atom stereocenters. The predicted octanol–water partition coefficient (Wildman–Crippen LogP) is 1.59. The minimum Gasteiger partial charge on any atom is -0.326 e. The monoisotopic (exact) mass is 270 g/mol. The highest BCUT2D eigenvalue weighted by atomic mass is 32.2. The number of carbonyl (C=O) groups excluding carboxylic acids is 1. The maximum absolute atomic E-state index is 12.1. The fourth-order valence-electron chi connectivity index (χ4n) is 1.40. The average molecular weight is 270 g/mol. The van der Waals surface area contributed by atoms with E-state index in [4.69, 9.17) is 0 Å². The molecule has 100 valence electrons. The minimum absolute atomic E-state index is 0.146. The van der Waals surface area contributed by atoms with Crippen LogP contribution in [0, 0.1) is 6.92 Å². The van der Waals surface area contributed by atoms with E-state index in [1.54, 1.807) is 26.0 Å². The lowest BCUT2D eigenvalue weighted by Crippen LogP contribution is -2.23. The Balaban J connectivity index is 3.22. The van der Waals surface area contributed by atoms with Gasteiger partial charge < -0.3 is 5.32 Å². The highest BCUT2D eigenvalue weighted by Gasteiger charge is 2.20. The highest BCUT2D eigenvalue weighted by Crippen LogP contribution is 2.22. The van der Waals surface area contributed by atoms with Crippen molar-refractivity contribution in [3.05, 3.63) is 23.8 Å². The van der Waals surface area contributed by atoms with Crippen LogP contribution in [0.3, 0.4) is 0 Å². The molecule has 18 heavy (non-hydrogen) atoms. The van der Waals surface area contributed by atoms with Gasteiger partial charge in [0, 0.05) is 26.2 Å². The molecule has 0 aliphatic rings. The van der Waals surface area contributed by atoms with Crippen molar-refractivity contribution in [2.45, 2.75) is 25.2 Å². The van der Waals surface area contributed by atoms with E-state index in [1.807, 2.05) is 0 Å². The minimum atomic E-state index is -3.49. The second kappa shape index (κ2) is 5.49. The van der Waals surface area contributed by atoms with Gasteiger partial charge >= 0.3 is 0 Å². The molecule has 0 saturated carbocycles. The number of amides is 1. The van der Waals surface area contributed by atoms with Gasteiger partial charge in [0.2, 0.25) is 15.9 Å². The van der Waals surface area contributed by atoms with E-state index in [0.717, 1.165) is 4.31 Å². The van der Waals surface area contributed by atoms with Crippen LogP contribution in [0.15, 0.2) is 23.1 Å². The molecule has 0 aliphatic heterocycles. The van der Waals surface area contributed by atoms with Crippen molar-refractivity contribution < 1.29 is 13.2 Å². The Morgan fingerprint density at radius 3 is 2.44 bits per heavy atom. The number of nitrogens with zero attached hydrogens (tertiary/aromatic N) is 1. The molecule has 1 rings (SSSR count). The number of aryl methyl sites for hydroxylation is 1. The third kappa shape index (κ3) is 3.08. The van der Waals surface area contributed by atoms with Crippen LogP contribution >= 0.6 is 0 Å². The van der Waals surface area contributed by atoms with E-state index in [9.17, 15) is 13.2 Å². The maximum Gasteiger partial charge on any atom is 0.242 e. The molecule has 0 bridgehead atoms. The average Bonchev–Trinajstić information content (AvgIpc) is 2.31. The third-order valence-corrected chi connectivity index (χ3v) is 4.51. The summed E-state index contributed by atoms with van der Waals surface area (Å²) in [5, 5.41) is 2.65. The Morgan fingerprint density at radius 1 is 1.33 bits per heavy atom. The van der Waals surface area contributed by atoms with Gasteiger partial charge in [0.05, 0.1) is 4.90 Å². The highest BCUT2D eigenvalue weighted by molar-refractivity contribution is 7.89. The number of nitrogens with one attached hydrogen (secondary N) is 1. The Morgan fingerprint density at radius 2 is 1.94 bits per heavy atom. The Bertz CT molecular complexity index is 550. The molecule has 0 fully saturated rings. The summed E-state index contributed by atoms with van der Waals surface area (Å²) in [7, 11) is -0.534. The van der Waals surface area contributed by atoms with Gasteiger partial charge in [-0.1, -0.05) is 13.0 Å².